The van der Waals surface area contributed by atoms with Crippen molar-refractivity contribution in [2.45, 2.75) is 25.3 Å². The van der Waals surface area contributed by atoms with Gasteiger partial charge in [-0.15, -0.1) is 0 Å². The summed E-state index contributed by atoms with van der Waals surface area (Å²) in [6.07, 6.45) is 8.44. The lowest BCUT2D eigenvalue weighted by atomic mass is 10.0. The molecule has 5 heteroatoms. The first-order valence-electron chi connectivity index (χ1n) is 5.53. The molecular formula is C12H14ClN3O. The minimum absolute atomic E-state index is 0.171. The number of nitrogen functional groups attached to an aromatic ring is 1. The summed E-state index contributed by atoms with van der Waals surface area (Å²) in [6.45, 7) is 0. The largest absolute Gasteiger partial charge is 0.397 e. The Morgan fingerprint density at radius 3 is 3.06 bits per heavy atom. The van der Waals surface area contributed by atoms with Crippen molar-refractivity contribution in [2.75, 3.05) is 5.73 Å². The van der Waals surface area contributed by atoms with E-state index in [1.165, 1.54) is 6.20 Å². The number of hydrogen-bond donors (Lipinski definition) is 2. The summed E-state index contributed by atoms with van der Waals surface area (Å²) in [7, 11) is 0. The zero-order valence-corrected chi connectivity index (χ0v) is 10.1. The Labute approximate surface area is 105 Å². The maximum absolute atomic E-state index is 12.0. The molecular weight excluding hydrogens is 238 g/mol. The minimum atomic E-state index is -0.213. The fraction of sp³-hybridized carbons (Fsp3) is 0.333. The van der Waals surface area contributed by atoms with E-state index in [1.807, 2.05) is 0 Å². The molecule has 17 heavy (non-hydrogen) atoms. The second-order valence-electron chi connectivity index (χ2n) is 4.06. The number of nitrogens with one attached hydrogen (secondary N) is 1. The molecule has 4 nitrogen and oxygen atoms in total. The van der Waals surface area contributed by atoms with Crippen LogP contribution in [0.4, 0.5) is 5.69 Å². The second kappa shape index (κ2) is 5.19. The van der Waals surface area contributed by atoms with Crippen LogP contribution in [0.2, 0.25) is 5.15 Å². The molecule has 1 unspecified atom stereocenters. The molecule has 0 saturated heterocycles. The summed E-state index contributed by atoms with van der Waals surface area (Å²) in [6, 6.07) is 1.72. The van der Waals surface area contributed by atoms with E-state index < -0.39 is 0 Å². The highest BCUT2D eigenvalue weighted by Crippen LogP contribution is 2.17. The highest BCUT2D eigenvalue weighted by atomic mass is 35.5. The number of carbonyl (C=O) groups excluding carboxylic acids is 1. The molecule has 0 spiro atoms. The number of amides is 1. The van der Waals surface area contributed by atoms with Gasteiger partial charge in [0.2, 0.25) is 0 Å². The van der Waals surface area contributed by atoms with Gasteiger partial charge in [-0.25, -0.2) is 4.98 Å². The van der Waals surface area contributed by atoms with Gasteiger partial charge in [0.25, 0.3) is 5.91 Å². The number of rotatable bonds is 2. The highest BCUT2D eigenvalue weighted by molar-refractivity contribution is 6.32. The molecule has 1 aliphatic rings. The van der Waals surface area contributed by atoms with Gasteiger partial charge in [-0.1, -0.05) is 23.8 Å². The molecule has 1 aromatic rings. The molecule has 1 aromatic heterocycles. The van der Waals surface area contributed by atoms with Crippen LogP contribution in [0.15, 0.2) is 24.4 Å². The predicted molar refractivity (Wildman–Crippen MR) is 67.9 cm³/mol. The standard InChI is InChI=1S/C12H14ClN3O/c13-11-10(6-8(14)7-15-11)12(17)16-9-4-2-1-3-5-9/h1-2,6-7,9H,3-5,14H2,(H,16,17). The van der Waals surface area contributed by atoms with Crippen molar-refractivity contribution in [3.63, 3.8) is 0 Å². The van der Waals surface area contributed by atoms with Gasteiger partial charge < -0.3 is 11.1 Å². The number of allylic oxidation sites excluding steroid dienone is 1. The number of anilines is 1. The lowest BCUT2D eigenvalue weighted by Gasteiger charge is -2.19. The zero-order chi connectivity index (χ0) is 12.3. The third-order valence-corrected chi connectivity index (χ3v) is 3.01. The normalized spacial score (nSPS) is 19.0. The monoisotopic (exact) mass is 251 g/mol. The first-order valence-corrected chi connectivity index (χ1v) is 5.91. The summed E-state index contributed by atoms with van der Waals surface area (Å²) in [5, 5.41) is 3.12. The maximum atomic E-state index is 12.0. The Kier molecular flexibility index (Phi) is 3.64. The first-order chi connectivity index (χ1) is 8.16. The Hall–Kier alpha value is -1.55. The fourth-order valence-corrected chi connectivity index (χ4v) is 2.00. The van der Waals surface area contributed by atoms with Crippen LogP contribution in [0.1, 0.15) is 29.6 Å². The lowest BCUT2D eigenvalue weighted by Crippen LogP contribution is -2.35. The lowest BCUT2D eigenvalue weighted by molar-refractivity contribution is 0.0934. The van der Waals surface area contributed by atoms with Crippen LogP contribution in [-0.4, -0.2) is 16.9 Å². The topological polar surface area (TPSA) is 68.0 Å². The van der Waals surface area contributed by atoms with Crippen molar-refractivity contribution in [3.8, 4) is 0 Å². The van der Waals surface area contributed by atoms with Gasteiger partial charge in [0, 0.05) is 6.04 Å². The third kappa shape index (κ3) is 2.97. The molecule has 0 fully saturated rings. The molecule has 1 atom stereocenters. The van der Waals surface area contributed by atoms with Gasteiger partial charge in [-0.05, 0) is 25.3 Å². The summed E-state index contributed by atoms with van der Waals surface area (Å²) in [4.78, 5) is 15.8. The molecule has 2 rings (SSSR count). The van der Waals surface area contributed by atoms with Crippen LogP contribution < -0.4 is 11.1 Å². The smallest absolute Gasteiger partial charge is 0.254 e. The number of halogens is 1. The minimum Gasteiger partial charge on any atom is -0.397 e. The molecule has 0 aliphatic heterocycles. The van der Waals surface area contributed by atoms with Crippen molar-refractivity contribution in [1.29, 1.82) is 0 Å². The molecule has 90 valence electrons. The van der Waals surface area contributed by atoms with Gasteiger partial charge in [-0.2, -0.15) is 0 Å². The van der Waals surface area contributed by atoms with Gasteiger partial charge in [-0.3, -0.25) is 4.79 Å². The number of carbonyl (C=O) groups is 1. The Morgan fingerprint density at radius 1 is 1.53 bits per heavy atom. The predicted octanol–water partition coefficient (Wildman–Crippen LogP) is 2.16. The Bertz CT molecular complexity index is 459. The average molecular weight is 252 g/mol. The van der Waals surface area contributed by atoms with Crippen molar-refractivity contribution in [3.05, 3.63) is 35.1 Å². The highest BCUT2D eigenvalue weighted by Gasteiger charge is 2.17. The number of pyridine rings is 1. The van der Waals surface area contributed by atoms with Crippen molar-refractivity contribution in [2.24, 2.45) is 0 Å². The van der Waals surface area contributed by atoms with E-state index in [4.69, 9.17) is 17.3 Å². The van der Waals surface area contributed by atoms with Gasteiger partial charge in [0.15, 0.2) is 0 Å². The van der Waals surface area contributed by atoms with Crippen LogP contribution in [-0.2, 0) is 0 Å². The SMILES string of the molecule is Nc1cnc(Cl)c(C(=O)NC2CC=CCC2)c1. The van der Waals surface area contributed by atoms with Crippen LogP contribution in [0.25, 0.3) is 0 Å². The van der Waals surface area contributed by atoms with Crippen LogP contribution >= 0.6 is 11.6 Å². The molecule has 0 aromatic carbocycles. The van der Waals surface area contributed by atoms with E-state index in [1.54, 1.807) is 6.07 Å². The van der Waals surface area contributed by atoms with E-state index in [2.05, 4.69) is 22.5 Å². The molecule has 1 amide bonds. The summed E-state index contributed by atoms with van der Waals surface area (Å²) < 4.78 is 0. The zero-order valence-electron chi connectivity index (χ0n) is 9.32. The summed E-state index contributed by atoms with van der Waals surface area (Å²) in [5.74, 6) is -0.213. The van der Waals surface area contributed by atoms with Crippen molar-refractivity contribution >= 4 is 23.2 Å². The van der Waals surface area contributed by atoms with Crippen molar-refractivity contribution < 1.29 is 4.79 Å². The Morgan fingerprint density at radius 2 is 2.35 bits per heavy atom. The molecule has 0 radical (unpaired) electrons. The average Bonchev–Trinajstić information content (AvgIpc) is 2.33. The van der Waals surface area contributed by atoms with Crippen LogP contribution in [0, 0.1) is 0 Å². The van der Waals surface area contributed by atoms with E-state index in [0.717, 1.165) is 19.3 Å². The third-order valence-electron chi connectivity index (χ3n) is 2.71. The maximum Gasteiger partial charge on any atom is 0.254 e. The molecule has 1 aliphatic carbocycles. The Balaban J connectivity index is 2.08. The van der Waals surface area contributed by atoms with Gasteiger partial charge >= 0.3 is 0 Å². The number of nitrogens with two attached hydrogens (primary N) is 1. The van der Waals surface area contributed by atoms with Crippen LogP contribution in [0.5, 0.6) is 0 Å². The molecule has 0 bridgehead atoms. The van der Waals surface area contributed by atoms with Gasteiger partial charge in [0.1, 0.15) is 5.15 Å². The van der Waals surface area contributed by atoms with E-state index in [9.17, 15) is 4.79 Å². The number of hydrogen-bond acceptors (Lipinski definition) is 3. The first kappa shape index (κ1) is 11.9. The summed E-state index contributed by atoms with van der Waals surface area (Å²) >= 11 is 5.87. The van der Waals surface area contributed by atoms with Crippen molar-refractivity contribution in [1.82, 2.24) is 10.3 Å². The number of nitrogens with zero attached hydrogens (tertiary/aromatic N) is 1. The molecule has 3 N–H and O–H groups in total. The van der Waals surface area contributed by atoms with Crippen LogP contribution in [0.3, 0.4) is 0 Å². The second-order valence-corrected chi connectivity index (χ2v) is 4.42. The number of aromatic nitrogens is 1. The summed E-state index contributed by atoms with van der Waals surface area (Å²) in [5.41, 5.74) is 6.35. The molecule has 0 saturated carbocycles. The van der Waals surface area contributed by atoms with E-state index in [0.29, 0.717) is 11.3 Å². The molecule has 1 heterocycles. The fourth-order valence-electron chi connectivity index (χ4n) is 1.81. The van der Waals surface area contributed by atoms with Gasteiger partial charge in [0.05, 0.1) is 17.4 Å². The van der Waals surface area contributed by atoms with E-state index in [-0.39, 0.29) is 17.1 Å². The quantitative estimate of drug-likeness (QED) is 0.625. The van der Waals surface area contributed by atoms with E-state index >= 15 is 0 Å².